The maximum Gasteiger partial charge on any atom is 0.418 e. The fraction of sp³-hybridized carbons (Fsp3) is 0.238. The highest BCUT2D eigenvalue weighted by Crippen LogP contribution is 2.41. The third-order valence-electron chi connectivity index (χ3n) is 4.63. The van der Waals surface area contributed by atoms with Crippen LogP contribution in [0.25, 0.3) is 0 Å². The molecule has 0 bridgehead atoms. The molecule has 0 aliphatic carbocycles. The fourth-order valence-corrected chi connectivity index (χ4v) is 3.67. The van der Waals surface area contributed by atoms with Crippen LogP contribution in [0, 0.1) is 5.82 Å². The van der Waals surface area contributed by atoms with E-state index < -0.39 is 29.6 Å². The molecular formula is C21H18F4N2O2S. The Labute approximate surface area is 176 Å². The number of carbonyl (C=O) groups excluding carboxylic acids is 1. The summed E-state index contributed by atoms with van der Waals surface area (Å²) < 4.78 is 59.2. The average Bonchev–Trinajstić information content (AvgIpc) is 2.68. The summed E-state index contributed by atoms with van der Waals surface area (Å²) in [5, 5.41) is 2.89. The predicted octanol–water partition coefficient (Wildman–Crippen LogP) is 5.12. The van der Waals surface area contributed by atoms with E-state index in [2.05, 4.69) is 5.32 Å². The molecule has 9 heteroatoms. The van der Waals surface area contributed by atoms with Crippen molar-refractivity contribution in [3.63, 3.8) is 0 Å². The molecule has 158 valence electrons. The minimum atomic E-state index is -4.62. The number of hydrogen-bond donors (Lipinski definition) is 1. The second kappa shape index (κ2) is 8.43. The van der Waals surface area contributed by atoms with Gasteiger partial charge < -0.3 is 10.1 Å². The molecule has 4 nitrogen and oxygen atoms in total. The molecular weight excluding hydrogens is 420 g/mol. The molecule has 1 aliphatic heterocycles. The molecule has 0 amide bonds. The Bertz CT molecular complexity index is 1000. The van der Waals surface area contributed by atoms with Crippen LogP contribution in [0.2, 0.25) is 0 Å². The van der Waals surface area contributed by atoms with Crippen LogP contribution in [0.5, 0.6) is 0 Å². The van der Waals surface area contributed by atoms with E-state index in [1.807, 2.05) is 0 Å². The summed E-state index contributed by atoms with van der Waals surface area (Å²) in [6.45, 7) is 3.21. The zero-order chi connectivity index (χ0) is 22.1. The highest BCUT2D eigenvalue weighted by atomic mass is 32.1. The Morgan fingerprint density at radius 2 is 1.80 bits per heavy atom. The van der Waals surface area contributed by atoms with E-state index >= 15 is 0 Å². The molecule has 0 saturated carbocycles. The molecule has 1 N–H and O–H groups in total. The molecule has 0 radical (unpaired) electrons. The van der Waals surface area contributed by atoms with Gasteiger partial charge in [0.2, 0.25) is 0 Å². The lowest BCUT2D eigenvalue weighted by molar-refractivity contribution is -0.139. The largest absolute Gasteiger partial charge is 0.463 e. The fourth-order valence-electron chi connectivity index (χ4n) is 3.32. The van der Waals surface area contributed by atoms with Gasteiger partial charge in [0.15, 0.2) is 5.11 Å². The first-order valence-electron chi connectivity index (χ1n) is 9.05. The lowest BCUT2D eigenvalue weighted by Gasteiger charge is -2.38. The van der Waals surface area contributed by atoms with Gasteiger partial charge >= 0.3 is 12.1 Å². The van der Waals surface area contributed by atoms with E-state index in [1.165, 1.54) is 54.3 Å². The Morgan fingerprint density at radius 1 is 1.17 bits per heavy atom. The lowest BCUT2D eigenvalue weighted by Crippen LogP contribution is -2.48. The Hall–Kier alpha value is -2.94. The standard InChI is InChI=1S/C21H18F4N2O2S/c1-3-29-19(28)17-12(2)27(16-7-5-4-6-15(16)21(23,24)25)20(30)26-18(17)13-8-10-14(22)11-9-13/h4-11,18H,3H2,1-2H3,(H,26,30). The zero-order valence-corrected chi connectivity index (χ0v) is 16.9. The van der Waals surface area contributed by atoms with E-state index in [4.69, 9.17) is 17.0 Å². The molecule has 1 unspecified atom stereocenters. The number of nitrogens with one attached hydrogen (secondary N) is 1. The molecule has 0 saturated heterocycles. The highest BCUT2D eigenvalue weighted by Gasteiger charge is 2.40. The molecule has 0 spiro atoms. The molecule has 2 aromatic carbocycles. The maximum absolute atomic E-state index is 13.6. The predicted molar refractivity (Wildman–Crippen MR) is 108 cm³/mol. The van der Waals surface area contributed by atoms with Crippen molar-refractivity contribution in [1.29, 1.82) is 0 Å². The van der Waals surface area contributed by atoms with E-state index in [9.17, 15) is 22.4 Å². The highest BCUT2D eigenvalue weighted by molar-refractivity contribution is 7.80. The Balaban J connectivity index is 2.19. The van der Waals surface area contributed by atoms with Gasteiger partial charge in [0.05, 0.1) is 29.5 Å². The third kappa shape index (κ3) is 4.16. The van der Waals surface area contributed by atoms with Crippen LogP contribution < -0.4 is 10.2 Å². The van der Waals surface area contributed by atoms with Gasteiger partial charge in [-0.05, 0) is 55.9 Å². The van der Waals surface area contributed by atoms with Crippen LogP contribution in [0.15, 0.2) is 59.8 Å². The topological polar surface area (TPSA) is 41.6 Å². The van der Waals surface area contributed by atoms with Gasteiger partial charge in [0, 0.05) is 5.70 Å². The molecule has 3 rings (SSSR count). The number of esters is 1. The summed E-state index contributed by atoms with van der Waals surface area (Å²) in [6.07, 6.45) is -4.62. The van der Waals surface area contributed by atoms with Crippen LogP contribution in [0.1, 0.15) is 31.0 Å². The number of benzene rings is 2. The lowest BCUT2D eigenvalue weighted by atomic mass is 9.94. The minimum absolute atomic E-state index is 0.0217. The summed E-state index contributed by atoms with van der Waals surface area (Å²) in [7, 11) is 0. The number of thiocarbonyl (C=S) groups is 1. The summed E-state index contributed by atoms with van der Waals surface area (Å²) in [5.41, 5.74) is -0.293. The first-order valence-corrected chi connectivity index (χ1v) is 9.46. The van der Waals surface area contributed by atoms with Crippen molar-refractivity contribution in [2.45, 2.75) is 26.1 Å². The zero-order valence-electron chi connectivity index (χ0n) is 16.1. The summed E-state index contributed by atoms with van der Waals surface area (Å²) in [4.78, 5) is 13.9. The summed E-state index contributed by atoms with van der Waals surface area (Å²) in [5.74, 6) is -1.16. The molecule has 1 heterocycles. The molecule has 1 aliphatic rings. The number of hydrogen-bond acceptors (Lipinski definition) is 3. The van der Waals surface area contributed by atoms with E-state index in [1.54, 1.807) is 6.92 Å². The van der Waals surface area contributed by atoms with Crippen LogP contribution >= 0.6 is 12.2 Å². The van der Waals surface area contributed by atoms with E-state index in [-0.39, 0.29) is 28.7 Å². The minimum Gasteiger partial charge on any atom is -0.463 e. The van der Waals surface area contributed by atoms with Crippen molar-refractivity contribution >= 4 is 29.0 Å². The number of ether oxygens (including phenoxy) is 1. The van der Waals surface area contributed by atoms with Gasteiger partial charge in [0.25, 0.3) is 0 Å². The monoisotopic (exact) mass is 438 g/mol. The number of alkyl halides is 3. The van der Waals surface area contributed by atoms with Crippen LogP contribution in [-0.4, -0.2) is 17.7 Å². The first kappa shape index (κ1) is 21.8. The Kier molecular flexibility index (Phi) is 6.12. The second-order valence-corrected chi connectivity index (χ2v) is 6.89. The van der Waals surface area contributed by atoms with Crippen molar-refractivity contribution in [2.24, 2.45) is 0 Å². The van der Waals surface area contributed by atoms with Crippen molar-refractivity contribution in [3.05, 3.63) is 76.7 Å². The molecule has 2 aromatic rings. The van der Waals surface area contributed by atoms with Crippen molar-refractivity contribution in [3.8, 4) is 0 Å². The van der Waals surface area contributed by atoms with E-state index in [0.717, 1.165) is 6.07 Å². The number of allylic oxidation sites excluding steroid dienone is 1. The van der Waals surface area contributed by atoms with Crippen molar-refractivity contribution in [2.75, 3.05) is 11.5 Å². The molecule has 1 atom stereocenters. The number of halogens is 4. The van der Waals surface area contributed by atoms with Gasteiger partial charge in [-0.15, -0.1) is 0 Å². The number of anilines is 1. The average molecular weight is 438 g/mol. The van der Waals surface area contributed by atoms with Gasteiger partial charge in [-0.1, -0.05) is 24.3 Å². The first-order chi connectivity index (χ1) is 14.1. The maximum atomic E-state index is 13.6. The number of nitrogens with zero attached hydrogens (tertiary/aromatic N) is 1. The quantitative estimate of drug-likeness (QED) is 0.408. The van der Waals surface area contributed by atoms with Crippen molar-refractivity contribution < 1.29 is 27.1 Å². The molecule has 0 aromatic heterocycles. The SMILES string of the molecule is CCOC(=O)C1=C(C)N(c2ccccc2C(F)(F)F)C(=S)NC1c1ccc(F)cc1. The smallest absolute Gasteiger partial charge is 0.418 e. The van der Waals surface area contributed by atoms with Crippen LogP contribution in [-0.2, 0) is 15.7 Å². The van der Waals surface area contributed by atoms with Gasteiger partial charge in [-0.3, -0.25) is 4.90 Å². The normalized spacial score (nSPS) is 17.1. The molecule has 30 heavy (non-hydrogen) atoms. The second-order valence-electron chi connectivity index (χ2n) is 6.50. The van der Waals surface area contributed by atoms with E-state index in [0.29, 0.717) is 5.56 Å². The van der Waals surface area contributed by atoms with Crippen LogP contribution in [0.3, 0.4) is 0 Å². The third-order valence-corrected chi connectivity index (χ3v) is 4.93. The van der Waals surface area contributed by atoms with Gasteiger partial charge in [0.1, 0.15) is 5.82 Å². The number of para-hydroxylation sites is 1. The van der Waals surface area contributed by atoms with Gasteiger partial charge in [-0.25, -0.2) is 9.18 Å². The van der Waals surface area contributed by atoms with Gasteiger partial charge in [-0.2, -0.15) is 13.2 Å². The molecule has 0 fully saturated rings. The van der Waals surface area contributed by atoms with Crippen LogP contribution in [0.4, 0.5) is 23.2 Å². The Morgan fingerprint density at radius 3 is 2.40 bits per heavy atom. The number of rotatable bonds is 4. The number of carbonyl (C=O) groups is 1. The van der Waals surface area contributed by atoms with Crippen molar-refractivity contribution in [1.82, 2.24) is 5.32 Å². The summed E-state index contributed by atoms with van der Waals surface area (Å²) >= 11 is 5.36. The summed E-state index contributed by atoms with van der Waals surface area (Å²) in [6, 6.07) is 9.56.